The molecule has 2 N–H and O–H groups in total. The van der Waals surface area contributed by atoms with Gasteiger partial charge in [0, 0.05) is 17.8 Å². The van der Waals surface area contributed by atoms with E-state index in [1.807, 2.05) is 43.3 Å². The maximum absolute atomic E-state index is 12.4. The normalized spacial score (nSPS) is 13.7. The molecular formula is C17H18N2O. The molecule has 0 saturated heterocycles. The Morgan fingerprint density at radius 1 is 1.15 bits per heavy atom. The molecule has 0 aromatic heterocycles. The standard InChI is InChI=1S/C17H18N2O/c1-12-5-2-3-7-14(12)17(20)19-16-8-4-6-13-11-18-10-9-15(13)16/h2-8,18H,9-11H2,1H3,(H,19,20). The van der Waals surface area contributed by atoms with Crippen LogP contribution in [0, 0.1) is 6.92 Å². The number of aryl methyl sites for hydroxylation is 1. The summed E-state index contributed by atoms with van der Waals surface area (Å²) in [7, 11) is 0. The molecule has 1 aliphatic heterocycles. The lowest BCUT2D eigenvalue weighted by molar-refractivity contribution is 0.102. The van der Waals surface area contributed by atoms with E-state index in [1.54, 1.807) is 0 Å². The van der Waals surface area contributed by atoms with Crippen LogP contribution in [0.2, 0.25) is 0 Å². The lowest BCUT2D eigenvalue weighted by atomic mass is 9.98. The fourth-order valence-corrected chi connectivity index (χ4v) is 2.67. The van der Waals surface area contributed by atoms with Crippen molar-refractivity contribution < 1.29 is 4.79 Å². The van der Waals surface area contributed by atoms with Crippen molar-refractivity contribution in [3.05, 3.63) is 64.7 Å². The smallest absolute Gasteiger partial charge is 0.255 e. The second-order valence-corrected chi connectivity index (χ2v) is 5.14. The van der Waals surface area contributed by atoms with E-state index in [0.717, 1.165) is 36.3 Å². The summed E-state index contributed by atoms with van der Waals surface area (Å²) in [6.45, 7) is 3.80. The van der Waals surface area contributed by atoms with E-state index in [1.165, 1.54) is 11.1 Å². The number of hydrogen-bond acceptors (Lipinski definition) is 2. The van der Waals surface area contributed by atoms with Gasteiger partial charge in [0.2, 0.25) is 0 Å². The van der Waals surface area contributed by atoms with Gasteiger partial charge in [0.1, 0.15) is 0 Å². The molecule has 0 bridgehead atoms. The largest absolute Gasteiger partial charge is 0.322 e. The summed E-state index contributed by atoms with van der Waals surface area (Å²) in [5, 5.41) is 6.41. The maximum Gasteiger partial charge on any atom is 0.255 e. The zero-order valence-corrected chi connectivity index (χ0v) is 11.6. The molecule has 0 aliphatic carbocycles. The van der Waals surface area contributed by atoms with Gasteiger partial charge >= 0.3 is 0 Å². The molecule has 0 unspecified atom stereocenters. The van der Waals surface area contributed by atoms with Gasteiger partial charge < -0.3 is 10.6 Å². The van der Waals surface area contributed by atoms with Gasteiger partial charge in [-0.1, -0.05) is 30.3 Å². The average molecular weight is 266 g/mol. The fraction of sp³-hybridized carbons (Fsp3) is 0.235. The Kier molecular flexibility index (Phi) is 3.52. The monoisotopic (exact) mass is 266 g/mol. The van der Waals surface area contributed by atoms with Crippen LogP contribution in [0.5, 0.6) is 0 Å². The third-order valence-corrected chi connectivity index (χ3v) is 3.78. The minimum Gasteiger partial charge on any atom is -0.322 e. The Hall–Kier alpha value is -2.13. The number of nitrogens with one attached hydrogen (secondary N) is 2. The van der Waals surface area contributed by atoms with Crippen LogP contribution in [-0.2, 0) is 13.0 Å². The summed E-state index contributed by atoms with van der Waals surface area (Å²) in [6, 6.07) is 13.8. The highest BCUT2D eigenvalue weighted by Gasteiger charge is 2.15. The van der Waals surface area contributed by atoms with Crippen LogP contribution in [0.3, 0.4) is 0 Å². The minimum atomic E-state index is -0.0324. The van der Waals surface area contributed by atoms with Gasteiger partial charge in [-0.05, 0) is 48.7 Å². The number of benzene rings is 2. The van der Waals surface area contributed by atoms with E-state index in [2.05, 4.69) is 16.7 Å². The number of rotatable bonds is 2. The van der Waals surface area contributed by atoms with E-state index in [-0.39, 0.29) is 5.91 Å². The van der Waals surface area contributed by atoms with Crippen LogP contribution in [0.4, 0.5) is 5.69 Å². The minimum absolute atomic E-state index is 0.0324. The summed E-state index contributed by atoms with van der Waals surface area (Å²) in [5.41, 5.74) is 5.21. The maximum atomic E-state index is 12.4. The van der Waals surface area contributed by atoms with E-state index in [4.69, 9.17) is 0 Å². The molecule has 3 nitrogen and oxygen atoms in total. The Labute approximate surface area is 119 Å². The zero-order valence-electron chi connectivity index (χ0n) is 11.6. The summed E-state index contributed by atoms with van der Waals surface area (Å²) in [4.78, 5) is 12.4. The van der Waals surface area contributed by atoms with E-state index >= 15 is 0 Å². The highest BCUT2D eigenvalue weighted by molar-refractivity contribution is 6.05. The van der Waals surface area contributed by atoms with Gasteiger partial charge in [0.25, 0.3) is 5.91 Å². The SMILES string of the molecule is Cc1ccccc1C(=O)Nc1cccc2c1CCNC2. The van der Waals surface area contributed by atoms with Gasteiger partial charge in [-0.25, -0.2) is 0 Å². The summed E-state index contributed by atoms with van der Waals surface area (Å²) in [5.74, 6) is -0.0324. The highest BCUT2D eigenvalue weighted by atomic mass is 16.1. The molecule has 1 heterocycles. The van der Waals surface area contributed by atoms with Crippen molar-refractivity contribution in [2.75, 3.05) is 11.9 Å². The van der Waals surface area contributed by atoms with Gasteiger partial charge in [-0.3, -0.25) is 4.79 Å². The number of carbonyl (C=O) groups excluding carboxylic acids is 1. The van der Waals surface area contributed by atoms with Crippen LogP contribution in [0.1, 0.15) is 27.0 Å². The summed E-state index contributed by atoms with van der Waals surface area (Å²) in [6.07, 6.45) is 0.958. The molecule has 0 spiro atoms. The fourth-order valence-electron chi connectivity index (χ4n) is 2.67. The van der Waals surface area contributed by atoms with E-state index < -0.39 is 0 Å². The van der Waals surface area contributed by atoms with Gasteiger partial charge in [-0.15, -0.1) is 0 Å². The third kappa shape index (κ3) is 2.45. The molecule has 2 aromatic carbocycles. The van der Waals surface area contributed by atoms with Gasteiger partial charge in [0.05, 0.1) is 0 Å². The Balaban J connectivity index is 1.89. The lowest BCUT2D eigenvalue weighted by Crippen LogP contribution is -2.25. The Morgan fingerprint density at radius 2 is 2.00 bits per heavy atom. The van der Waals surface area contributed by atoms with Crippen molar-refractivity contribution in [3.63, 3.8) is 0 Å². The number of amides is 1. The lowest BCUT2D eigenvalue weighted by Gasteiger charge is -2.20. The molecular weight excluding hydrogens is 248 g/mol. The molecule has 0 fully saturated rings. The van der Waals surface area contributed by atoms with Crippen LogP contribution in [-0.4, -0.2) is 12.5 Å². The molecule has 0 radical (unpaired) electrons. The third-order valence-electron chi connectivity index (χ3n) is 3.78. The van der Waals surface area contributed by atoms with E-state index in [0.29, 0.717) is 0 Å². The Morgan fingerprint density at radius 3 is 2.85 bits per heavy atom. The van der Waals surface area contributed by atoms with Crippen molar-refractivity contribution >= 4 is 11.6 Å². The summed E-state index contributed by atoms with van der Waals surface area (Å²) < 4.78 is 0. The van der Waals surface area contributed by atoms with Crippen LogP contribution in [0.25, 0.3) is 0 Å². The van der Waals surface area contributed by atoms with Crippen LogP contribution in [0.15, 0.2) is 42.5 Å². The molecule has 2 aromatic rings. The number of fused-ring (bicyclic) bond motifs is 1. The van der Waals surface area contributed by atoms with Crippen molar-refractivity contribution in [2.24, 2.45) is 0 Å². The molecule has 0 atom stereocenters. The topological polar surface area (TPSA) is 41.1 Å². The zero-order chi connectivity index (χ0) is 13.9. The molecule has 20 heavy (non-hydrogen) atoms. The van der Waals surface area contributed by atoms with Crippen LogP contribution < -0.4 is 10.6 Å². The summed E-state index contributed by atoms with van der Waals surface area (Å²) >= 11 is 0. The highest BCUT2D eigenvalue weighted by Crippen LogP contribution is 2.24. The second-order valence-electron chi connectivity index (χ2n) is 5.14. The van der Waals surface area contributed by atoms with Gasteiger partial charge in [0.15, 0.2) is 0 Å². The van der Waals surface area contributed by atoms with Gasteiger partial charge in [-0.2, -0.15) is 0 Å². The number of hydrogen-bond donors (Lipinski definition) is 2. The molecule has 3 rings (SSSR count). The van der Waals surface area contributed by atoms with Crippen molar-refractivity contribution in [2.45, 2.75) is 19.9 Å². The first kappa shape index (κ1) is 12.9. The second kappa shape index (κ2) is 5.47. The van der Waals surface area contributed by atoms with Crippen LogP contribution >= 0.6 is 0 Å². The molecule has 3 heteroatoms. The number of carbonyl (C=O) groups is 1. The predicted octanol–water partition coefficient (Wildman–Crippen LogP) is 2.89. The molecule has 1 aliphatic rings. The average Bonchev–Trinajstić information content (AvgIpc) is 2.48. The molecule has 102 valence electrons. The predicted molar refractivity (Wildman–Crippen MR) is 81.0 cm³/mol. The molecule has 0 saturated carbocycles. The quantitative estimate of drug-likeness (QED) is 0.877. The van der Waals surface area contributed by atoms with E-state index in [9.17, 15) is 4.79 Å². The first-order chi connectivity index (χ1) is 9.75. The first-order valence-electron chi connectivity index (χ1n) is 6.94. The first-order valence-corrected chi connectivity index (χ1v) is 6.94. The van der Waals surface area contributed by atoms with Crippen molar-refractivity contribution in [3.8, 4) is 0 Å². The number of anilines is 1. The van der Waals surface area contributed by atoms with Crippen molar-refractivity contribution in [1.82, 2.24) is 5.32 Å². The molecule has 1 amide bonds. The van der Waals surface area contributed by atoms with Crippen molar-refractivity contribution in [1.29, 1.82) is 0 Å². The Bertz CT molecular complexity index is 649.